The zero-order valence-electron chi connectivity index (χ0n) is 10.5. The largest absolute Gasteiger partial charge is 0.397 e. The predicted octanol–water partition coefficient (Wildman–Crippen LogP) is 1.67. The number of amides is 1. The van der Waals surface area contributed by atoms with Crippen molar-refractivity contribution in [1.29, 1.82) is 0 Å². The number of carbonyl (C=O) groups excluding carboxylic acids is 1. The molecule has 1 fully saturated rings. The smallest absolute Gasteiger partial charge is 0.263 e. The van der Waals surface area contributed by atoms with Crippen molar-refractivity contribution in [3.8, 4) is 0 Å². The van der Waals surface area contributed by atoms with Crippen LogP contribution in [0.2, 0.25) is 0 Å². The summed E-state index contributed by atoms with van der Waals surface area (Å²) in [5.74, 6) is -0.0575. The van der Waals surface area contributed by atoms with Gasteiger partial charge in [-0.15, -0.1) is 11.3 Å². The van der Waals surface area contributed by atoms with Crippen molar-refractivity contribution in [2.75, 3.05) is 30.8 Å². The van der Waals surface area contributed by atoms with Crippen molar-refractivity contribution in [3.63, 3.8) is 0 Å². The molecule has 5 nitrogen and oxygen atoms in total. The van der Waals surface area contributed by atoms with Crippen molar-refractivity contribution in [2.24, 2.45) is 0 Å². The molecule has 0 unspecified atom stereocenters. The Bertz CT molecular complexity index is 415. The lowest BCUT2D eigenvalue weighted by molar-refractivity contribution is 0.0956. The van der Waals surface area contributed by atoms with Gasteiger partial charge in [-0.25, -0.2) is 0 Å². The van der Waals surface area contributed by atoms with Crippen LogP contribution in [0.15, 0.2) is 6.07 Å². The maximum absolute atomic E-state index is 11.9. The lowest BCUT2D eigenvalue weighted by Gasteiger charge is -2.03. The Labute approximate surface area is 111 Å². The van der Waals surface area contributed by atoms with Gasteiger partial charge in [-0.2, -0.15) is 0 Å². The van der Waals surface area contributed by atoms with Gasteiger partial charge in [-0.05, 0) is 25.8 Å². The molecule has 0 radical (unpaired) electrons. The Morgan fingerprint density at radius 3 is 3.06 bits per heavy atom. The highest BCUT2D eigenvalue weighted by Crippen LogP contribution is 2.30. The van der Waals surface area contributed by atoms with E-state index in [1.807, 2.05) is 6.92 Å². The monoisotopic (exact) mass is 269 g/mol. The lowest BCUT2D eigenvalue weighted by atomic mass is 10.3. The summed E-state index contributed by atoms with van der Waals surface area (Å²) >= 11 is 1.39. The van der Waals surface area contributed by atoms with E-state index >= 15 is 0 Å². The first-order chi connectivity index (χ1) is 8.70. The highest BCUT2D eigenvalue weighted by atomic mass is 32.1. The third kappa shape index (κ3) is 3.61. The molecule has 1 aromatic heterocycles. The van der Waals surface area contributed by atoms with Crippen molar-refractivity contribution in [2.45, 2.75) is 25.8 Å². The molecule has 1 amide bonds. The van der Waals surface area contributed by atoms with E-state index in [2.05, 4.69) is 10.6 Å². The number of hydrogen-bond acceptors (Lipinski definition) is 5. The number of anilines is 2. The van der Waals surface area contributed by atoms with Crippen LogP contribution in [0, 0.1) is 0 Å². The molecular formula is C12H19N3O2S. The van der Waals surface area contributed by atoms with Gasteiger partial charge in [0.25, 0.3) is 5.91 Å². The topological polar surface area (TPSA) is 76.4 Å². The van der Waals surface area contributed by atoms with Gasteiger partial charge in [-0.1, -0.05) is 0 Å². The van der Waals surface area contributed by atoms with E-state index in [9.17, 15) is 4.79 Å². The lowest BCUT2D eigenvalue weighted by Crippen LogP contribution is -2.25. The van der Waals surface area contributed by atoms with Crippen molar-refractivity contribution >= 4 is 27.9 Å². The van der Waals surface area contributed by atoms with Crippen molar-refractivity contribution in [3.05, 3.63) is 10.9 Å². The van der Waals surface area contributed by atoms with Crippen LogP contribution < -0.4 is 16.4 Å². The summed E-state index contributed by atoms with van der Waals surface area (Å²) in [6.07, 6.45) is 2.16. The van der Waals surface area contributed by atoms with E-state index in [4.69, 9.17) is 10.5 Å². The molecule has 4 N–H and O–H groups in total. The normalized spacial score (nSPS) is 14.5. The number of nitrogens with one attached hydrogen (secondary N) is 2. The van der Waals surface area contributed by atoms with Gasteiger partial charge in [-0.3, -0.25) is 4.79 Å². The van der Waals surface area contributed by atoms with Crippen LogP contribution in [0.25, 0.3) is 0 Å². The fourth-order valence-corrected chi connectivity index (χ4v) is 2.45. The van der Waals surface area contributed by atoms with Crippen LogP contribution >= 0.6 is 11.3 Å². The molecule has 0 aliphatic heterocycles. The van der Waals surface area contributed by atoms with Gasteiger partial charge in [0, 0.05) is 19.2 Å². The van der Waals surface area contributed by atoms with E-state index in [1.165, 1.54) is 11.3 Å². The molecule has 0 spiro atoms. The molecule has 0 aromatic carbocycles. The van der Waals surface area contributed by atoms with Gasteiger partial charge in [0.05, 0.1) is 17.3 Å². The van der Waals surface area contributed by atoms with E-state index in [0.29, 0.717) is 29.8 Å². The summed E-state index contributed by atoms with van der Waals surface area (Å²) in [6, 6.07) is 2.16. The van der Waals surface area contributed by atoms with E-state index in [1.54, 1.807) is 6.07 Å². The Morgan fingerprint density at radius 2 is 2.39 bits per heavy atom. The summed E-state index contributed by atoms with van der Waals surface area (Å²) in [7, 11) is 0. The molecule has 0 saturated heterocycles. The van der Waals surface area contributed by atoms with E-state index in [-0.39, 0.29) is 5.91 Å². The van der Waals surface area contributed by atoms with Crippen molar-refractivity contribution in [1.82, 2.24) is 5.32 Å². The molecule has 2 rings (SSSR count). The van der Waals surface area contributed by atoms with Crippen LogP contribution in [0.1, 0.15) is 29.4 Å². The molecule has 0 bridgehead atoms. The van der Waals surface area contributed by atoms with Crippen LogP contribution in [-0.4, -0.2) is 31.7 Å². The minimum absolute atomic E-state index is 0.0575. The average molecular weight is 269 g/mol. The van der Waals surface area contributed by atoms with Gasteiger partial charge < -0.3 is 21.1 Å². The molecule has 0 atom stereocenters. The molecule has 1 saturated carbocycles. The second-order valence-electron chi connectivity index (χ2n) is 4.27. The Balaban J connectivity index is 1.87. The first kappa shape index (κ1) is 13.2. The average Bonchev–Trinajstić information content (AvgIpc) is 3.07. The number of nitrogens with two attached hydrogens (primary N) is 1. The van der Waals surface area contributed by atoms with E-state index in [0.717, 1.165) is 24.4 Å². The summed E-state index contributed by atoms with van der Waals surface area (Å²) in [6.45, 7) is 4.04. The summed E-state index contributed by atoms with van der Waals surface area (Å²) in [5, 5.41) is 7.05. The van der Waals surface area contributed by atoms with Crippen LogP contribution in [0.5, 0.6) is 0 Å². The van der Waals surface area contributed by atoms with Gasteiger partial charge in [0.15, 0.2) is 0 Å². The molecule has 1 aromatic rings. The zero-order chi connectivity index (χ0) is 13.0. The Morgan fingerprint density at radius 1 is 1.61 bits per heavy atom. The number of hydrogen-bond donors (Lipinski definition) is 3. The van der Waals surface area contributed by atoms with Crippen molar-refractivity contribution < 1.29 is 9.53 Å². The number of carbonyl (C=O) groups is 1. The Hall–Kier alpha value is -1.27. The van der Waals surface area contributed by atoms with E-state index < -0.39 is 0 Å². The van der Waals surface area contributed by atoms with Gasteiger partial charge in [0.2, 0.25) is 0 Å². The summed E-state index contributed by atoms with van der Waals surface area (Å²) < 4.78 is 5.23. The summed E-state index contributed by atoms with van der Waals surface area (Å²) in [5.41, 5.74) is 6.39. The van der Waals surface area contributed by atoms with Crippen LogP contribution in [0.3, 0.4) is 0 Å². The third-order valence-corrected chi connectivity index (χ3v) is 3.74. The van der Waals surface area contributed by atoms with Gasteiger partial charge >= 0.3 is 0 Å². The molecule has 1 aliphatic rings. The third-order valence-electron chi connectivity index (χ3n) is 2.63. The molecular weight excluding hydrogens is 250 g/mol. The SMILES string of the molecule is CCOCCNc1cc(N)c(C(=O)NC2CC2)s1. The maximum atomic E-state index is 11.9. The minimum atomic E-state index is -0.0575. The quantitative estimate of drug-likeness (QED) is 0.658. The minimum Gasteiger partial charge on any atom is -0.397 e. The van der Waals surface area contributed by atoms with Crippen LogP contribution in [-0.2, 0) is 4.74 Å². The number of thiophene rings is 1. The fraction of sp³-hybridized carbons (Fsp3) is 0.583. The van der Waals surface area contributed by atoms with Gasteiger partial charge in [0.1, 0.15) is 4.88 Å². The highest BCUT2D eigenvalue weighted by Gasteiger charge is 2.25. The second-order valence-corrected chi connectivity index (χ2v) is 5.32. The summed E-state index contributed by atoms with van der Waals surface area (Å²) in [4.78, 5) is 12.5. The molecule has 6 heteroatoms. The van der Waals surface area contributed by atoms with Crippen LogP contribution in [0.4, 0.5) is 10.7 Å². The predicted molar refractivity (Wildman–Crippen MR) is 74.2 cm³/mol. The Kier molecular flexibility index (Phi) is 4.43. The number of nitrogen functional groups attached to an aromatic ring is 1. The molecule has 18 heavy (non-hydrogen) atoms. The second kappa shape index (κ2) is 6.06. The molecule has 100 valence electrons. The fourth-order valence-electron chi connectivity index (χ4n) is 1.54. The standard InChI is InChI=1S/C12H19N3O2S/c1-2-17-6-5-14-10-7-9(13)11(18-10)12(16)15-8-3-4-8/h7-8,14H,2-6,13H2,1H3,(H,15,16). The maximum Gasteiger partial charge on any atom is 0.263 e. The first-order valence-electron chi connectivity index (χ1n) is 6.22. The number of ether oxygens (including phenoxy) is 1. The molecule has 1 heterocycles. The first-order valence-corrected chi connectivity index (χ1v) is 7.04. The molecule has 1 aliphatic carbocycles. The zero-order valence-corrected chi connectivity index (χ0v) is 11.3. The highest BCUT2D eigenvalue weighted by molar-refractivity contribution is 7.18. The number of rotatable bonds is 7.